The molecule has 3 aromatic rings. The molecule has 0 bridgehead atoms. The second kappa shape index (κ2) is 10.1. The van der Waals surface area contributed by atoms with Gasteiger partial charge in [-0.3, -0.25) is 4.79 Å². The van der Waals surface area contributed by atoms with Crippen LogP contribution in [0.25, 0.3) is 0 Å². The van der Waals surface area contributed by atoms with E-state index in [2.05, 4.69) is 10.6 Å². The van der Waals surface area contributed by atoms with Crippen molar-refractivity contribution < 1.29 is 9.53 Å². The summed E-state index contributed by atoms with van der Waals surface area (Å²) < 4.78 is 6.79. The molecule has 0 aliphatic carbocycles. The first-order valence-corrected chi connectivity index (χ1v) is 9.52. The standard InChI is InChI=1S/C23H25N3O3/c1-29-21-11-9-18(10-12-21)13-14-24-23(28)25-16-19-5-7-20(8-6-19)17-26-15-3-2-4-22(26)27/h2-12,15H,13-14,16-17H2,1H3,(H2,24,25,28). The summed E-state index contributed by atoms with van der Waals surface area (Å²) in [6.07, 6.45) is 2.53. The molecular weight excluding hydrogens is 366 g/mol. The summed E-state index contributed by atoms with van der Waals surface area (Å²) in [5.74, 6) is 0.821. The number of pyridine rings is 1. The third-order valence-corrected chi connectivity index (χ3v) is 4.59. The number of nitrogens with zero attached hydrogens (tertiary/aromatic N) is 1. The lowest BCUT2D eigenvalue weighted by atomic mass is 10.1. The molecule has 0 aliphatic heterocycles. The second-order valence-electron chi connectivity index (χ2n) is 6.69. The Morgan fingerprint density at radius 1 is 0.897 bits per heavy atom. The number of amides is 2. The van der Waals surface area contributed by atoms with Crippen LogP contribution in [0.15, 0.2) is 77.7 Å². The Bertz CT molecular complexity index is 979. The number of nitrogens with one attached hydrogen (secondary N) is 2. The lowest BCUT2D eigenvalue weighted by molar-refractivity contribution is 0.240. The van der Waals surface area contributed by atoms with Crippen molar-refractivity contribution in [2.45, 2.75) is 19.5 Å². The number of benzene rings is 2. The number of ether oxygens (including phenoxy) is 1. The third-order valence-electron chi connectivity index (χ3n) is 4.59. The van der Waals surface area contributed by atoms with Crippen molar-refractivity contribution in [2.24, 2.45) is 0 Å². The maximum atomic E-state index is 12.0. The SMILES string of the molecule is COc1ccc(CCNC(=O)NCc2ccc(Cn3ccccc3=O)cc2)cc1. The monoisotopic (exact) mass is 391 g/mol. The van der Waals surface area contributed by atoms with Crippen LogP contribution < -0.4 is 20.9 Å². The van der Waals surface area contributed by atoms with Crippen LogP contribution in [0.4, 0.5) is 4.79 Å². The summed E-state index contributed by atoms with van der Waals surface area (Å²) >= 11 is 0. The molecular formula is C23H25N3O3. The van der Waals surface area contributed by atoms with Crippen molar-refractivity contribution in [3.05, 3.63) is 100.0 Å². The Morgan fingerprint density at radius 3 is 2.28 bits per heavy atom. The van der Waals surface area contributed by atoms with Crippen molar-refractivity contribution in [2.75, 3.05) is 13.7 Å². The number of carbonyl (C=O) groups excluding carboxylic acids is 1. The zero-order valence-electron chi connectivity index (χ0n) is 16.4. The van der Waals surface area contributed by atoms with Crippen LogP contribution in [-0.2, 0) is 19.5 Å². The maximum Gasteiger partial charge on any atom is 0.315 e. The van der Waals surface area contributed by atoms with E-state index in [-0.39, 0.29) is 11.6 Å². The molecule has 2 N–H and O–H groups in total. The van der Waals surface area contributed by atoms with E-state index < -0.39 is 0 Å². The number of urea groups is 1. The van der Waals surface area contributed by atoms with Gasteiger partial charge in [-0.1, -0.05) is 42.5 Å². The fraction of sp³-hybridized carbons (Fsp3) is 0.217. The van der Waals surface area contributed by atoms with Gasteiger partial charge in [-0.25, -0.2) is 4.79 Å². The van der Waals surface area contributed by atoms with Gasteiger partial charge in [0.1, 0.15) is 5.75 Å². The van der Waals surface area contributed by atoms with Crippen LogP contribution in [0.3, 0.4) is 0 Å². The van der Waals surface area contributed by atoms with Gasteiger partial charge >= 0.3 is 6.03 Å². The zero-order valence-corrected chi connectivity index (χ0v) is 16.4. The smallest absolute Gasteiger partial charge is 0.315 e. The molecule has 0 radical (unpaired) electrons. The molecule has 3 rings (SSSR count). The van der Waals surface area contributed by atoms with E-state index in [9.17, 15) is 9.59 Å². The Hall–Kier alpha value is -3.54. The zero-order chi connectivity index (χ0) is 20.5. The van der Waals surface area contributed by atoms with E-state index in [1.54, 1.807) is 30.0 Å². The first-order chi connectivity index (χ1) is 14.1. The van der Waals surface area contributed by atoms with E-state index in [1.807, 2.05) is 54.6 Å². The van der Waals surface area contributed by atoms with Crippen molar-refractivity contribution in [1.82, 2.24) is 15.2 Å². The minimum atomic E-state index is -0.196. The van der Waals surface area contributed by atoms with Crippen molar-refractivity contribution >= 4 is 6.03 Å². The van der Waals surface area contributed by atoms with Crippen LogP contribution in [0.2, 0.25) is 0 Å². The molecule has 6 heteroatoms. The van der Waals surface area contributed by atoms with E-state index in [0.29, 0.717) is 19.6 Å². The normalized spacial score (nSPS) is 10.4. The van der Waals surface area contributed by atoms with Crippen molar-refractivity contribution in [3.63, 3.8) is 0 Å². The fourth-order valence-corrected chi connectivity index (χ4v) is 2.91. The van der Waals surface area contributed by atoms with Crippen LogP contribution in [-0.4, -0.2) is 24.3 Å². The summed E-state index contributed by atoms with van der Waals surface area (Å²) in [4.78, 5) is 23.7. The molecule has 0 saturated heterocycles. The summed E-state index contributed by atoms with van der Waals surface area (Å²) in [6.45, 7) is 1.53. The highest BCUT2D eigenvalue weighted by molar-refractivity contribution is 5.73. The Kier molecular flexibility index (Phi) is 7.05. The van der Waals surface area contributed by atoms with Gasteiger partial charge in [0.15, 0.2) is 0 Å². The summed E-state index contributed by atoms with van der Waals surface area (Å²) in [7, 11) is 1.64. The van der Waals surface area contributed by atoms with Gasteiger partial charge in [0.2, 0.25) is 0 Å². The number of carbonyl (C=O) groups is 1. The molecule has 6 nitrogen and oxygen atoms in total. The van der Waals surface area contributed by atoms with E-state index >= 15 is 0 Å². The summed E-state index contributed by atoms with van der Waals surface area (Å²) in [5, 5.41) is 5.72. The highest BCUT2D eigenvalue weighted by atomic mass is 16.5. The van der Waals surface area contributed by atoms with E-state index in [0.717, 1.165) is 28.9 Å². The topological polar surface area (TPSA) is 72.4 Å². The number of hydrogen-bond donors (Lipinski definition) is 2. The number of aromatic nitrogens is 1. The molecule has 1 aromatic heterocycles. The van der Waals surface area contributed by atoms with Crippen molar-refractivity contribution in [1.29, 1.82) is 0 Å². The van der Waals surface area contributed by atoms with Gasteiger partial charge in [0.05, 0.1) is 13.7 Å². The minimum Gasteiger partial charge on any atom is -0.497 e. The second-order valence-corrected chi connectivity index (χ2v) is 6.69. The van der Waals surface area contributed by atoms with Gasteiger partial charge in [-0.05, 0) is 41.3 Å². The molecule has 0 atom stereocenters. The molecule has 2 aromatic carbocycles. The van der Waals surface area contributed by atoms with Crippen LogP contribution in [0, 0.1) is 0 Å². The molecule has 1 heterocycles. The molecule has 0 aliphatic rings. The maximum absolute atomic E-state index is 12.0. The Labute approximate surface area is 170 Å². The van der Waals surface area contributed by atoms with Gasteiger partial charge in [-0.15, -0.1) is 0 Å². The number of rotatable bonds is 8. The minimum absolute atomic E-state index is 0.0236. The fourth-order valence-electron chi connectivity index (χ4n) is 2.91. The van der Waals surface area contributed by atoms with Gasteiger partial charge in [0, 0.05) is 25.4 Å². The Morgan fingerprint density at radius 2 is 1.59 bits per heavy atom. The van der Waals surface area contributed by atoms with Gasteiger partial charge < -0.3 is 19.9 Å². The van der Waals surface area contributed by atoms with Crippen LogP contribution in [0.1, 0.15) is 16.7 Å². The average molecular weight is 391 g/mol. The quantitative estimate of drug-likeness (QED) is 0.620. The number of hydrogen-bond acceptors (Lipinski definition) is 3. The molecule has 0 unspecified atom stereocenters. The lowest BCUT2D eigenvalue weighted by Crippen LogP contribution is -2.36. The molecule has 0 fully saturated rings. The van der Waals surface area contributed by atoms with Gasteiger partial charge in [-0.2, -0.15) is 0 Å². The molecule has 150 valence electrons. The highest BCUT2D eigenvalue weighted by Gasteiger charge is 2.02. The van der Waals surface area contributed by atoms with Gasteiger partial charge in [0.25, 0.3) is 5.56 Å². The predicted molar refractivity (Wildman–Crippen MR) is 113 cm³/mol. The van der Waals surface area contributed by atoms with E-state index in [4.69, 9.17) is 4.74 Å². The molecule has 0 spiro atoms. The summed E-state index contributed by atoms with van der Waals surface area (Å²) in [6, 6.07) is 20.6. The van der Waals surface area contributed by atoms with E-state index in [1.165, 1.54) is 0 Å². The first kappa shape index (κ1) is 20.2. The van der Waals surface area contributed by atoms with Crippen molar-refractivity contribution in [3.8, 4) is 5.75 Å². The lowest BCUT2D eigenvalue weighted by Gasteiger charge is -2.09. The first-order valence-electron chi connectivity index (χ1n) is 9.52. The third kappa shape index (κ3) is 6.24. The largest absolute Gasteiger partial charge is 0.497 e. The molecule has 0 saturated carbocycles. The highest BCUT2D eigenvalue weighted by Crippen LogP contribution is 2.11. The summed E-state index contributed by atoms with van der Waals surface area (Å²) in [5.41, 5.74) is 3.15. The van der Waals surface area contributed by atoms with Crippen LogP contribution in [0.5, 0.6) is 5.75 Å². The van der Waals surface area contributed by atoms with Crippen LogP contribution >= 0.6 is 0 Å². The molecule has 29 heavy (non-hydrogen) atoms. The average Bonchev–Trinajstić information content (AvgIpc) is 2.75. The predicted octanol–water partition coefficient (Wildman–Crippen LogP) is 2.95. The Balaban J connectivity index is 1.40. The molecule has 2 amide bonds. The number of methoxy groups -OCH3 is 1.